The second-order valence-corrected chi connectivity index (χ2v) is 8.65. The molecule has 1 amide bonds. The van der Waals surface area contributed by atoms with Crippen molar-refractivity contribution in [2.75, 3.05) is 18.2 Å². The van der Waals surface area contributed by atoms with E-state index >= 15 is 0 Å². The number of nitrogens with zero attached hydrogens (tertiary/aromatic N) is 3. The lowest BCUT2D eigenvalue weighted by molar-refractivity contribution is -0.113. The molecule has 156 valence electrons. The number of carbonyl (C=O) groups excluding carboxylic acids is 2. The highest BCUT2D eigenvalue weighted by Crippen LogP contribution is 2.29. The number of thioether (sulfide) groups is 1. The number of amides is 1. The third kappa shape index (κ3) is 4.80. The largest absolute Gasteiger partial charge is 0.465 e. The minimum Gasteiger partial charge on any atom is -0.465 e. The molecule has 0 fully saturated rings. The van der Waals surface area contributed by atoms with E-state index in [-0.39, 0.29) is 11.7 Å². The van der Waals surface area contributed by atoms with E-state index in [0.29, 0.717) is 22.3 Å². The average molecular weight is 443 g/mol. The van der Waals surface area contributed by atoms with Crippen molar-refractivity contribution >= 4 is 40.0 Å². The molecule has 3 aromatic rings. The van der Waals surface area contributed by atoms with Gasteiger partial charge in [0.25, 0.3) is 0 Å². The van der Waals surface area contributed by atoms with Gasteiger partial charge < -0.3 is 10.1 Å². The lowest BCUT2D eigenvalue weighted by atomic mass is 10.1. The highest BCUT2D eigenvalue weighted by Gasteiger charge is 2.19. The molecule has 0 saturated heterocycles. The second-order valence-electron chi connectivity index (χ2n) is 6.45. The van der Waals surface area contributed by atoms with E-state index in [0.717, 1.165) is 21.8 Å². The van der Waals surface area contributed by atoms with Gasteiger partial charge in [0.2, 0.25) is 5.91 Å². The standard InChI is InChI=1S/C21H22N4O3S2/c1-5-10-25-18(15-9-7-6-8-13(15)2)23-24-21(25)29-12-17(26)22-19-16(20(27)28-4)11-14(3)30-19/h5-9,11H,1,10,12H2,2-4H3,(H,22,26). The number of methoxy groups -OCH3 is 1. The van der Waals surface area contributed by atoms with Crippen LogP contribution in [0, 0.1) is 13.8 Å². The number of hydrogen-bond donors (Lipinski definition) is 1. The molecule has 1 aromatic carbocycles. The Kier molecular flexibility index (Phi) is 7.07. The number of allylic oxidation sites excluding steroid dienone is 1. The molecule has 0 unspecified atom stereocenters. The predicted octanol–water partition coefficient (Wildman–Crippen LogP) is 4.33. The molecule has 7 nitrogen and oxygen atoms in total. The molecule has 0 radical (unpaired) electrons. The Hall–Kier alpha value is -2.91. The first-order chi connectivity index (χ1) is 14.4. The van der Waals surface area contributed by atoms with E-state index in [1.165, 1.54) is 30.2 Å². The molecular formula is C21H22N4O3S2. The molecule has 1 N–H and O–H groups in total. The monoisotopic (exact) mass is 442 g/mol. The van der Waals surface area contributed by atoms with Crippen LogP contribution in [0.1, 0.15) is 20.8 Å². The van der Waals surface area contributed by atoms with Crippen LogP contribution in [-0.2, 0) is 16.1 Å². The maximum atomic E-state index is 12.5. The summed E-state index contributed by atoms with van der Waals surface area (Å²) in [6.45, 7) is 8.22. The number of esters is 1. The number of aromatic nitrogens is 3. The highest BCUT2D eigenvalue weighted by atomic mass is 32.2. The van der Waals surface area contributed by atoms with Gasteiger partial charge in [-0.05, 0) is 25.5 Å². The number of aryl methyl sites for hydroxylation is 2. The van der Waals surface area contributed by atoms with Gasteiger partial charge in [0, 0.05) is 17.0 Å². The van der Waals surface area contributed by atoms with Crippen molar-refractivity contribution in [3.8, 4) is 11.4 Å². The molecule has 9 heteroatoms. The van der Waals surface area contributed by atoms with Gasteiger partial charge in [-0.25, -0.2) is 4.79 Å². The summed E-state index contributed by atoms with van der Waals surface area (Å²) in [6, 6.07) is 9.64. The van der Waals surface area contributed by atoms with Crippen molar-refractivity contribution in [2.24, 2.45) is 0 Å². The number of hydrogen-bond acceptors (Lipinski definition) is 7. The van der Waals surface area contributed by atoms with Crippen LogP contribution < -0.4 is 5.32 Å². The maximum absolute atomic E-state index is 12.5. The van der Waals surface area contributed by atoms with Crippen LogP contribution >= 0.6 is 23.1 Å². The fraction of sp³-hybridized carbons (Fsp3) is 0.238. The Bertz CT molecular complexity index is 1090. The summed E-state index contributed by atoms with van der Waals surface area (Å²) < 4.78 is 6.71. The molecule has 30 heavy (non-hydrogen) atoms. The van der Waals surface area contributed by atoms with Gasteiger partial charge >= 0.3 is 5.97 Å². The minimum atomic E-state index is -0.476. The van der Waals surface area contributed by atoms with E-state index < -0.39 is 5.97 Å². The van der Waals surface area contributed by atoms with Crippen molar-refractivity contribution in [2.45, 2.75) is 25.5 Å². The molecule has 0 aliphatic rings. The molecule has 0 spiro atoms. The highest BCUT2D eigenvalue weighted by molar-refractivity contribution is 7.99. The minimum absolute atomic E-state index is 0.126. The Balaban J connectivity index is 1.75. The number of benzene rings is 1. The molecule has 0 aliphatic heterocycles. The molecule has 3 rings (SSSR count). The van der Waals surface area contributed by atoms with Crippen molar-refractivity contribution in [3.05, 3.63) is 59.0 Å². The number of ether oxygens (including phenoxy) is 1. The average Bonchev–Trinajstić information content (AvgIpc) is 3.29. The van der Waals surface area contributed by atoms with E-state index in [4.69, 9.17) is 4.74 Å². The zero-order valence-corrected chi connectivity index (χ0v) is 18.6. The van der Waals surface area contributed by atoms with E-state index in [2.05, 4.69) is 22.1 Å². The van der Waals surface area contributed by atoms with Gasteiger partial charge in [-0.2, -0.15) is 0 Å². The Labute approximate surface area is 183 Å². The number of thiophene rings is 1. The quantitative estimate of drug-likeness (QED) is 0.318. The number of anilines is 1. The van der Waals surface area contributed by atoms with E-state index in [9.17, 15) is 9.59 Å². The van der Waals surface area contributed by atoms with Crippen LogP contribution in [0.25, 0.3) is 11.4 Å². The van der Waals surface area contributed by atoms with Gasteiger partial charge in [0.05, 0.1) is 18.4 Å². The normalized spacial score (nSPS) is 10.6. The van der Waals surface area contributed by atoms with Crippen molar-refractivity contribution in [3.63, 3.8) is 0 Å². The van der Waals surface area contributed by atoms with Gasteiger partial charge in [-0.3, -0.25) is 9.36 Å². The number of rotatable bonds is 8. The predicted molar refractivity (Wildman–Crippen MR) is 120 cm³/mol. The summed E-state index contributed by atoms with van der Waals surface area (Å²) in [5.41, 5.74) is 2.43. The Morgan fingerprint density at radius 1 is 1.30 bits per heavy atom. The summed E-state index contributed by atoms with van der Waals surface area (Å²) >= 11 is 2.61. The van der Waals surface area contributed by atoms with Crippen LogP contribution in [0.3, 0.4) is 0 Å². The third-order valence-corrected chi connectivity index (χ3v) is 6.19. The third-order valence-electron chi connectivity index (χ3n) is 4.26. The second kappa shape index (κ2) is 9.73. The molecule has 2 aromatic heterocycles. The molecule has 0 bridgehead atoms. The fourth-order valence-corrected chi connectivity index (χ4v) is 4.54. The lowest BCUT2D eigenvalue weighted by Gasteiger charge is -2.09. The lowest BCUT2D eigenvalue weighted by Crippen LogP contribution is -2.16. The van der Waals surface area contributed by atoms with Crippen molar-refractivity contribution in [1.29, 1.82) is 0 Å². The first-order valence-electron chi connectivity index (χ1n) is 9.16. The first-order valence-corrected chi connectivity index (χ1v) is 11.0. The molecule has 0 aliphatic carbocycles. The number of carbonyl (C=O) groups is 2. The molecule has 2 heterocycles. The molecule has 0 saturated carbocycles. The molecular weight excluding hydrogens is 420 g/mol. The fourth-order valence-electron chi connectivity index (χ4n) is 2.87. The van der Waals surface area contributed by atoms with Gasteiger partial charge in [-0.1, -0.05) is 42.1 Å². The smallest absolute Gasteiger partial charge is 0.340 e. The zero-order valence-electron chi connectivity index (χ0n) is 17.0. The first kappa shape index (κ1) is 21.8. The summed E-state index contributed by atoms with van der Waals surface area (Å²) in [6.07, 6.45) is 1.77. The molecule has 0 atom stereocenters. The van der Waals surface area contributed by atoms with Crippen LogP contribution in [0.5, 0.6) is 0 Å². The van der Waals surface area contributed by atoms with Gasteiger partial charge in [0.1, 0.15) is 5.00 Å². The van der Waals surface area contributed by atoms with Crippen molar-refractivity contribution in [1.82, 2.24) is 14.8 Å². The maximum Gasteiger partial charge on any atom is 0.340 e. The summed E-state index contributed by atoms with van der Waals surface area (Å²) in [4.78, 5) is 25.3. The summed E-state index contributed by atoms with van der Waals surface area (Å²) in [5, 5.41) is 12.5. The summed E-state index contributed by atoms with van der Waals surface area (Å²) in [7, 11) is 1.31. The van der Waals surface area contributed by atoms with Gasteiger partial charge in [0.15, 0.2) is 11.0 Å². The van der Waals surface area contributed by atoms with Crippen LogP contribution in [-0.4, -0.2) is 39.5 Å². The topological polar surface area (TPSA) is 86.1 Å². The van der Waals surface area contributed by atoms with Crippen molar-refractivity contribution < 1.29 is 14.3 Å². The van der Waals surface area contributed by atoms with Crippen LogP contribution in [0.2, 0.25) is 0 Å². The van der Waals surface area contributed by atoms with Crippen LogP contribution in [0.4, 0.5) is 5.00 Å². The SMILES string of the molecule is C=CCn1c(SCC(=O)Nc2sc(C)cc2C(=O)OC)nnc1-c1ccccc1C. The zero-order chi connectivity index (χ0) is 21.7. The van der Waals surface area contributed by atoms with E-state index in [1.807, 2.05) is 42.7 Å². The summed E-state index contributed by atoms with van der Waals surface area (Å²) in [5.74, 6) is 0.145. The van der Waals surface area contributed by atoms with E-state index in [1.54, 1.807) is 12.1 Å². The Morgan fingerprint density at radius 2 is 2.07 bits per heavy atom. The number of nitrogens with one attached hydrogen (secondary N) is 1. The van der Waals surface area contributed by atoms with Crippen LogP contribution in [0.15, 0.2) is 48.1 Å². The Morgan fingerprint density at radius 3 is 2.77 bits per heavy atom. The van der Waals surface area contributed by atoms with Gasteiger partial charge in [-0.15, -0.1) is 28.1 Å².